The van der Waals surface area contributed by atoms with Gasteiger partial charge in [-0.15, -0.1) is 22.7 Å². The van der Waals surface area contributed by atoms with Gasteiger partial charge < -0.3 is 19.9 Å². The van der Waals surface area contributed by atoms with Crippen molar-refractivity contribution in [3.05, 3.63) is 22.4 Å². The van der Waals surface area contributed by atoms with Crippen LogP contribution in [-0.4, -0.2) is 73.1 Å². The van der Waals surface area contributed by atoms with Crippen molar-refractivity contribution in [2.24, 2.45) is 0 Å². The van der Waals surface area contributed by atoms with Crippen molar-refractivity contribution in [2.45, 2.75) is 19.1 Å². The minimum absolute atomic E-state index is 0.0768. The van der Waals surface area contributed by atoms with Crippen molar-refractivity contribution in [3.8, 4) is 0 Å². The summed E-state index contributed by atoms with van der Waals surface area (Å²) < 4.78 is 7.90. The molecule has 25 heavy (non-hydrogen) atoms. The van der Waals surface area contributed by atoms with E-state index < -0.39 is 0 Å². The highest BCUT2D eigenvalue weighted by atomic mass is 32.1. The molecule has 134 valence electrons. The van der Waals surface area contributed by atoms with E-state index in [9.17, 15) is 9.59 Å². The molecule has 4 heterocycles. The van der Waals surface area contributed by atoms with Crippen LogP contribution in [0.1, 0.15) is 16.6 Å². The Labute approximate surface area is 154 Å². The summed E-state index contributed by atoms with van der Waals surface area (Å²) in [4.78, 5) is 29.9. The highest BCUT2D eigenvalue weighted by Gasteiger charge is 2.34. The summed E-state index contributed by atoms with van der Waals surface area (Å²) >= 11 is 3.21. The van der Waals surface area contributed by atoms with Crippen LogP contribution >= 0.6 is 22.7 Å². The fraction of sp³-hybridized carbons (Fsp3) is 0.529. The topological polar surface area (TPSA) is 61.9 Å². The van der Waals surface area contributed by atoms with Crippen LogP contribution in [0.3, 0.4) is 0 Å². The number of piperazine rings is 1. The van der Waals surface area contributed by atoms with Gasteiger partial charge in [-0.05, 0) is 24.4 Å². The van der Waals surface area contributed by atoms with Crippen LogP contribution in [-0.2, 0) is 9.53 Å². The largest absolute Gasteiger partial charge is 0.375 e. The maximum absolute atomic E-state index is 12.7. The Kier molecular flexibility index (Phi) is 4.77. The van der Waals surface area contributed by atoms with Gasteiger partial charge in [0.25, 0.3) is 5.91 Å². The second kappa shape index (κ2) is 7.03. The molecule has 0 radical (unpaired) electrons. The molecule has 6 nitrogen and oxygen atoms in total. The number of morpholine rings is 1. The Balaban J connectivity index is 1.36. The molecule has 8 heteroatoms. The normalized spacial score (nSPS) is 24.7. The summed E-state index contributed by atoms with van der Waals surface area (Å²) in [6.07, 6.45) is -0.111. The van der Waals surface area contributed by atoms with E-state index in [4.69, 9.17) is 4.74 Å². The third-order valence-electron chi connectivity index (χ3n) is 4.81. The first-order valence-electron chi connectivity index (χ1n) is 8.53. The van der Waals surface area contributed by atoms with Crippen LogP contribution in [0, 0.1) is 0 Å². The molecule has 2 amide bonds. The molecule has 4 rings (SSSR count). The second-order valence-corrected chi connectivity index (χ2v) is 8.42. The zero-order chi connectivity index (χ0) is 17.4. The number of nitrogens with one attached hydrogen (secondary N) is 1. The Morgan fingerprint density at radius 1 is 1.20 bits per heavy atom. The Morgan fingerprint density at radius 3 is 2.68 bits per heavy atom. The highest BCUT2D eigenvalue weighted by Crippen LogP contribution is 2.30. The van der Waals surface area contributed by atoms with Gasteiger partial charge in [0.1, 0.15) is 6.04 Å². The van der Waals surface area contributed by atoms with Crippen molar-refractivity contribution in [2.75, 3.05) is 39.3 Å². The van der Waals surface area contributed by atoms with Crippen molar-refractivity contribution < 1.29 is 14.3 Å². The van der Waals surface area contributed by atoms with Crippen molar-refractivity contribution >= 4 is 43.9 Å². The Hall–Kier alpha value is -1.48. The van der Waals surface area contributed by atoms with E-state index in [-0.39, 0.29) is 24.0 Å². The van der Waals surface area contributed by atoms with Gasteiger partial charge >= 0.3 is 0 Å². The molecule has 0 bridgehead atoms. The number of thiophene rings is 2. The molecule has 0 unspecified atom stereocenters. The van der Waals surface area contributed by atoms with E-state index >= 15 is 0 Å². The third kappa shape index (κ3) is 3.31. The summed E-state index contributed by atoms with van der Waals surface area (Å²) in [6.45, 7) is 5.59. The number of fused-ring (bicyclic) bond motifs is 1. The molecule has 2 aromatic heterocycles. The molecule has 1 N–H and O–H groups in total. The fourth-order valence-electron chi connectivity index (χ4n) is 3.36. The van der Waals surface area contributed by atoms with Gasteiger partial charge in [-0.25, -0.2) is 0 Å². The maximum Gasteiger partial charge on any atom is 0.264 e. The van der Waals surface area contributed by atoms with Crippen LogP contribution < -0.4 is 5.32 Å². The molecule has 2 atom stereocenters. The Bertz CT molecular complexity index is 751. The number of carbonyl (C=O) groups excluding carboxylic acids is 2. The van der Waals surface area contributed by atoms with Crippen LogP contribution in [0.15, 0.2) is 17.5 Å². The number of carbonyl (C=O) groups is 2. The molecule has 2 aromatic rings. The molecule has 2 saturated heterocycles. The lowest BCUT2D eigenvalue weighted by Crippen LogP contribution is -2.60. The molecule has 0 saturated carbocycles. The first-order chi connectivity index (χ1) is 12.1. The molecule has 0 aliphatic carbocycles. The summed E-state index contributed by atoms with van der Waals surface area (Å²) in [5, 5.41) is 5.29. The maximum atomic E-state index is 12.7. The Morgan fingerprint density at radius 2 is 1.96 bits per heavy atom. The van der Waals surface area contributed by atoms with Gasteiger partial charge in [0, 0.05) is 42.1 Å². The van der Waals surface area contributed by atoms with Crippen LogP contribution in [0.25, 0.3) is 9.40 Å². The molecule has 2 fully saturated rings. The fourth-order valence-corrected chi connectivity index (χ4v) is 5.44. The smallest absolute Gasteiger partial charge is 0.264 e. The average Bonchev–Trinajstić information content (AvgIpc) is 3.23. The first-order valence-corrected chi connectivity index (χ1v) is 10.2. The van der Waals surface area contributed by atoms with Crippen molar-refractivity contribution in [1.29, 1.82) is 0 Å². The number of rotatable bonds is 2. The van der Waals surface area contributed by atoms with Gasteiger partial charge in [0.15, 0.2) is 0 Å². The van der Waals surface area contributed by atoms with Gasteiger partial charge in [-0.1, -0.05) is 0 Å². The third-order valence-corrected chi connectivity index (χ3v) is 6.89. The van der Waals surface area contributed by atoms with Gasteiger partial charge in [-0.2, -0.15) is 0 Å². The molecule has 0 aromatic carbocycles. The van der Waals surface area contributed by atoms with E-state index in [0.29, 0.717) is 39.3 Å². The van der Waals surface area contributed by atoms with E-state index in [1.54, 1.807) is 22.7 Å². The minimum atomic E-state index is -0.278. The van der Waals surface area contributed by atoms with Crippen LogP contribution in [0.4, 0.5) is 0 Å². The molecule has 2 aliphatic heterocycles. The van der Waals surface area contributed by atoms with Gasteiger partial charge in [0.05, 0.1) is 17.6 Å². The SMILES string of the molecule is C[C@H]1OCCN[C@@H]1C(=O)N1CCN(C(=O)c2cc3sccc3s2)CC1. The zero-order valence-corrected chi connectivity index (χ0v) is 15.7. The minimum Gasteiger partial charge on any atom is -0.375 e. The van der Waals surface area contributed by atoms with Crippen molar-refractivity contribution in [3.63, 3.8) is 0 Å². The van der Waals surface area contributed by atoms with Gasteiger partial charge in [0.2, 0.25) is 5.91 Å². The lowest BCUT2D eigenvalue weighted by molar-refractivity contribution is -0.140. The summed E-state index contributed by atoms with van der Waals surface area (Å²) in [5.74, 6) is 0.156. The van der Waals surface area contributed by atoms with Crippen LogP contribution in [0.5, 0.6) is 0 Å². The highest BCUT2D eigenvalue weighted by molar-refractivity contribution is 7.27. The summed E-state index contributed by atoms with van der Waals surface area (Å²) in [6, 6.07) is 3.76. The molecular formula is C17H21N3O3S2. The molecular weight excluding hydrogens is 358 g/mol. The average molecular weight is 380 g/mol. The van der Waals surface area contributed by atoms with E-state index in [0.717, 1.165) is 4.88 Å². The summed E-state index contributed by atoms with van der Waals surface area (Å²) in [5.41, 5.74) is 0. The van der Waals surface area contributed by atoms with Crippen molar-refractivity contribution in [1.82, 2.24) is 15.1 Å². The number of hydrogen-bond donors (Lipinski definition) is 1. The van der Waals surface area contributed by atoms with Gasteiger partial charge in [-0.3, -0.25) is 9.59 Å². The first kappa shape index (κ1) is 17.0. The molecule has 0 spiro atoms. The predicted octanol–water partition coefficient (Wildman–Crippen LogP) is 1.62. The molecule has 2 aliphatic rings. The van der Waals surface area contributed by atoms with Crippen LogP contribution in [0.2, 0.25) is 0 Å². The van der Waals surface area contributed by atoms with E-state index in [2.05, 4.69) is 11.4 Å². The standard InChI is InChI=1S/C17H21N3O3S2/c1-11-15(18-3-8-23-11)17(22)20-6-4-19(5-7-20)16(21)14-10-13-12(25-14)2-9-24-13/h2,9-11,15,18H,3-8H2,1H3/t11-,15+/m1/s1. The number of nitrogens with zero attached hydrogens (tertiary/aromatic N) is 2. The quantitative estimate of drug-likeness (QED) is 0.861. The predicted molar refractivity (Wildman–Crippen MR) is 99.4 cm³/mol. The number of ether oxygens (including phenoxy) is 1. The second-order valence-electron chi connectivity index (χ2n) is 6.38. The van der Waals surface area contributed by atoms with E-state index in [1.807, 2.05) is 28.2 Å². The lowest BCUT2D eigenvalue weighted by atomic mass is 10.1. The zero-order valence-electron chi connectivity index (χ0n) is 14.1. The lowest BCUT2D eigenvalue weighted by Gasteiger charge is -2.38. The summed E-state index contributed by atoms with van der Waals surface area (Å²) in [7, 11) is 0. The number of amides is 2. The monoisotopic (exact) mass is 379 g/mol. The van der Waals surface area contributed by atoms with E-state index in [1.165, 1.54) is 9.40 Å². The number of hydrogen-bond acceptors (Lipinski definition) is 6.